The third kappa shape index (κ3) is 4.36. The van der Waals surface area contributed by atoms with E-state index in [1.165, 1.54) is 24.8 Å². The van der Waals surface area contributed by atoms with Gasteiger partial charge in [-0.25, -0.2) is 0 Å². The number of ketones is 1. The van der Waals surface area contributed by atoms with Gasteiger partial charge in [0.2, 0.25) is 0 Å². The van der Waals surface area contributed by atoms with E-state index < -0.39 is 22.9 Å². The number of ether oxygens (including phenoxy) is 2. The SMILES string of the molecule is C[C@H]1[C@H](C)CC[C@]2(C)CC[C@]3(C)C(=CC(=O)[C@@H]4[C@@]5(C)CC[C@@H](OC(=O)CN6CCOCC6)[C@](C)(C(=O)O)[C@@H]5CC[C@]43C)[C@H]12. The molecule has 7 nitrogen and oxygen atoms in total. The topological polar surface area (TPSA) is 93.1 Å². The van der Waals surface area contributed by atoms with Crippen LogP contribution in [0.1, 0.15) is 99.8 Å². The van der Waals surface area contributed by atoms with Crippen LogP contribution < -0.4 is 0 Å². The maximum absolute atomic E-state index is 14.6. The Morgan fingerprint density at radius 3 is 2.35 bits per heavy atom. The van der Waals surface area contributed by atoms with Crippen LogP contribution in [0.25, 0.3) is 0 Å². The summed E-state index contributed by atoms with van der Waals surface area (Å²) in [5, 5.41) is 10.8. The average molecular weight is 598 g/mol. The fourth-order valence-corrected chi connectivity index (χ4v) is 12.0. The summed E-state index contributed by atoms with van der Waals surface area (Å²) in [7, 11) is 0. The number of aliphatic carboxylic acids is 1. The van der Waals surface area contributed by atoms with Gasteiger partial charge in [0.15, 0.2) is 5.78 Å². The first-order valence-electron chi connectivity index (χ1n) is 17.1. The Labute approximate surface area is 258 Å². The molecule has 240 valence electrons. The number of carboxylic acids is 1. The van der Waals surface area contributed by atoms with E-state index in [-0.39, 0.29) is 46.4 Å². The molecule has 6 aliphatic rings. The first-order chi connectivity index (χ1) is 20.1. The molecule has 6 rings (SSSR count). The molecule has 1 N–H and O–H groups in total. The van der Waals surface area contributed by atoms with Gasteiger partial charge in [-0.15, -0.1) is 0 Å². The molecule has 5 fully saturated rings. The van der Waals surface area contributed by atoms with Crippen molar-refractivity contribution in [3.8, 4) is 0 Å². The Hall–Kier alpha value is -1.73. The van der Waals surface area contributed by atoms with Gasteiger partial charge in [0.25, 0.3) is 0 Å². The van der Waals surface area contributed by atoms with E-state index in [2.05, 4.69) is 47.6 Å². The van der Waals surface area contributed by atoms with Crippen molar-refractivity contribution in [2.45, 2.75) is 106 Å². The first kappa shape index (κ1) is 31.3. The third-order valence-electron chi connectivity index (χ3n) is 14.9. The molecule has 1 heterocycles. The van der Waals surface area contributed by atoms with Gasteiger partial charge in [-0.3, -0.25) is 19.3 Å². The molecule has 7 heteroatoms. The lowest BCUT2D eigenvalue weighted by Gasteiger charge is -2.70. The molecule has 0 amide bonds. The van der Waals surface area contributed by atoms with Gasteiger partial charge < -0.3 is 14.6 Å². The Morgan fingerprint density at radius 2 is 1.67 bits per heavy atom. The predicted molar refractivity (Wildman–Crippen MR) is 164 cm³/mol. The summed E-state index contributed by atoms with van der Waals surface area (Å²) in [5.74, 6) is 0.0573. The van der Waals surface area contributed by atoms with Crippen molar-refractivity contribution < 1.29 is 29.0 Å². The van der Waals surface area contributed by atoms with Crippen LogP contribution in [0.15, 0.2) is 11.6 Å². The summed E-state index contributed by atoms with van der Waals surface area (Å²) in [5.41, 5.74) is -0.415. The summed E-state index contributed by atoms with van der Waals surface area (Å²) in [6.07, 6.45) is 8.84. The second-order valence-electron chi connectivity index (χ2n) is 16.8. The molecule has 0 aromatic rings. The molecule has 0 radical (unpaired) electrons. The van der Waals surface area contributed by atoms with E-state index in [1.54, 1.807) is 6.92 Å². The van der Waals surface area contributed by atoms with E-state index in [4.69, 9.17) is 9.47 Å². The number of morpholine rings is 1. The molecular weight excluding hydrogens is 542 g/mol. The number of nitrogens with zero attached hydrogens (tertiary/aromatic N) is 1. The largest absolute Gasteiger partial charge is 0.481 e. The molecule has 4 saturated carbocycles. The van der Waals surface area contributed by atoms with Gasteiger partial charge in [-0.2, -0.15) is 0 Å². The summed E-state index contributed by atoms with van der Waals surface area (Å²) >= 11 is 0. The van der Waals surface area contributed by atoms with Crippen LogP contribution in [0.2, 0.25) is 0 Å². The Bertz CT molecular complexity index is 1210. The smallest absolute Gasteiger partial charge is 0.320 e. The predicted octanol–water partition coefficient (Wildman–Crippen LogP) is 6.15. The van der Waals surface area contributed by atoms with E-state index in [9.17, 15) is 19.5 Å². The zero-order valence-electron chi connectivity index (χ0n) is 27.7. The van der Waals surface area contributed by atoms with Gasteiger partial charge >= 0.3 is 11.9 Å². The molecule has 43 heavy (non-hydrogen) atoms. The third-order valence-corrected chi connectivity index (χ3v) is 14.9. The van der Waals surface area contributed by atoms with Gasteiger partial charge in [0.05, 0.1) is 19.8 Å². The highest BCUT2D eigenvalue weighted by Crippen LogP contribution is 2.75. The summed E-state index contributed by atoms with van der Waals surface area (Å²) < 4.78 is 11.5. The molecule has 0 aromatic heterocycles. The van der Waals surface area contributed by atoms with E-state index in [0.717, 1.165) is 19.3 Å². The van der Waals surface area contributed by atoms with Crippen LogP contribution in [-0.2, 0) is 23.9 Å². The van der Waals surface area contributed by atoms with Crippen molar-refractivity contribution >= 4 is 17.7 Å². The minimum atomic E-state index is -1.25. The van der Waals surface area contributed by atoms with Crippen molar-refractivity contribution in [2.24, 2.45) is 56.7 Å². The normalized spacial score (nSPS) is 49.9. The fourth-order valence-electron chi connectivity index (χ4n) is 12.0. The van der Waals surface area contributed by atoms with Crippen LogP contribution in [0.3, 0.4) is 0 Å². The fraction of sp³-hybridized carbons (Fsp3) is 0.861. The highest BCUT2D eigenvalue weighted by molar-refractivity contribution is 5.96. The quantitative estimate of drug-likeness (QED) is 0.389. The summed E-state index contributed by atoms with van der Waals surface area (Å²) in [6.45, 7) is 18.8. The maximum Gasteiger partial charge on any atom is 0.320 e. The van der Waals surface area contributed by atoms with Crippen LogP contribution in [0.4, 0.5) is 0 Å². The van der Waals surface area contributed by atoms with Crippen LogP contribution in [0.5, 0.6) is 0 Å². The standard InChI is InChI=1S/C36H55NO6/c1-22-8-11-32(3)14-15-34(5)24(29(32)23(22)2)20-25(38)30-33(4)12-10-27(43-28(39)21-37-16-18-42-19-17-37)36(7,31(40)41)26(33)9-13-35(30,34)6/h20,22-23,26-27,29-30H,8-19,21H2,1-7H3,(H,40,41)/t22-,23+,26-,27-,29+,30-,32-,33+,34-,35-,36-/m1/s1. The lowest BCUT2D eigenvalue weighted by Crippen LogP contribution is -2.68. The number of rotatable bonds is 4. The van der Waals surface area contributed by atoms with Crippen molar-refractivity contribution in [1.82, 2.24) is 4.90 Å². The van der Waals surface area contributed by atoms with Crippen LogP contribution >= 0.6 is 0 Å². The van der Waals surface area contributed by atoms with E-state index in [0.29, 0.717) is 56.9 Å². The number of carbonyl (C=O) groups is 3. The second-order valence-corrected chi connectivity index (χ2v) is 16.8. The first-order valence-corrected chi connectivity index (χ1v) is 17.1. The maximum atomic E-state index is 14.6. The minimum Gasteiger partial charge on any atom is -0.481 e. The Morgan fingerprint density at radius 1 is 0.977 bits per heavy atom. The minimum absolute atomic E-state index is 0.0872. The molecule has 1 aliphatic heterocycles. The molecule has 0 aromatic carbocycles. The lowest BCUT2D eigenvalue weighted by atomic mass is 9.33. The highest BCUT2D eigenvalue weighted by Gasteiger charge is 2.72. The van der Waals surface area contributed by atoms with Gasteiger partial charge in [-0.1, -0.05) is 47.1 Å². The van der Waals surface area contributed by atoms with E-state index in [1.807, 2.05) is 4.90 Å². The molecular formula is C36H55NO6. The Kier molecular flexibility index (Phi) is 7.56. The van der Waals surface area contributed by atoms with Crippen molar-refractivity contribution in [3.05, 3.63) is 11.6 Å². The van der Waals surface area contributed by atoms with Gasteiger partial charge in [0, 0.05) is 19.0 Å². The van der Waals surface area contributed by atoms with E-state index >= 15 is 0 Å². The second kappa shape index (κ2) is 10.4. The number of hydrogen-bond donors (Lipinski definition) is 1. The van der Waals surface area contributed by atoms with Gasteiger partial charge in [0.1, 0.15) is 11.5 Å². The molecule has 1 saturated heterocycles. The Balaban J connectivity index is 1.33. The van der Waals surface area contributed by atoms with Gasteiger partial charge in [-0.05, 0) is 110 Å². The van der Waals surface area contributed by atoms with Crippen molar-refractivity contribution in [2.75, 3.05) is 32.8 Å². The number of allylic oxidation sites excluding steroid dienone is 2. The summed E-state index contributed by atoms with van der Waals surface area (Å²) in [4.78, 5) is 42.9. The molecule has 11 atom stereocenters. The van der Waals surface area contributed by atoms with Crippen LogP contribution in [-0.4, -0.2) is 66.7 Å². The summed E-state index contributed by atoms with van der Waals surface area (Å²) in [6, 6.07) is 0. The monoisotopic (exact) mass is 597 g/mol. The molecule has 5 aliphatic carbocycles. The zero-order chi connectivity index (χ0) is 31.2. The number of fused-ring (bicyclic) bond motifs is 7. The molecule has 0 unspecified atom stereocenters. The van der Waals surface area contributed by atoms with Crippen molar-refractivity contribution in [1.29, 1.82) is 0 Å². The number of carboxylic acid groups (broad SMARTS) is 1. The molecule has 0 spiro atoms. The number of hydrogen-bond acceptors (Lipinski definition) is 6. The lowest BCUT2D eigenvalue weighted by molar-refractivity contribution is -0.221. The number of esters is 1. The zero-order valence-corrected chi connectivity index (χ0v) is 27.7. The van der Waals surface area contributed by atoms with Crippen molar-refractivity contribution in [3.63, 3.8) is 0 Å². The highest BCUT2D eigenvalue weighted by atomic mass is 16.5. The van der Waals surface area contributed by atoms with Crippen LogP contribution in [0, 0.1) is 56.7 Å². The average Bonchev–Trinajstić information content (AvgIpc) is 2.94. The number of carbonyl (C=O) groups excluding carboxylic acids is 2. The molecule has 0 bridgehead atoms.